The van der Waals surface area contributed by atoms with Gasteiger partial charge in [0.1, 0.15) is 11.2 Å². The summed E-state index contributed by atoms with van der Waals surface area (Å²) >= 11 is 1.88. The van der Waals surface area contributed by atoms with Crippen LogP contribution in [0.1, 0.15) is 0 Å². The standard InChI is InChI=1S/C38H22OS/c1-2-10-29-27(25-15-17-31-30-11-3-4-13-34(30)39-35(31)22-25)19-18-26(28(29)9-1)24-16-20-36-33(21-24)32-12-5-7-23-8-6-14-37(40-36)38(23)32/h1-22H. The highest BCUT2D eigenvalue weighted by Crippen LogP contribution is 2.49. The normalized spacial score (nSPS) is 12.4. The monoisotopic (exact) mass is 526 g/mol. The summed E-state index contributed by atoms with van der Waals surface area (Å²) in [5.74, 6) is 0. The molecule has 1 aromatic heterocycles. The minimum atomic E-state index is 0.925. The first kappa shape index (κ1) is 22.1. The number of furan rings is 1. The molecule has 8 aromatic rings. The van der Waals surface area contributed by atoms with Gasteiger partial charge in [0.05, 0.1) is 0 Å². The molecule has 7 aromatic carbocycles. The van der Waals surface area contributed by atoms with Crippen molar-refractivity contribution < 1.29 is 4.42 Å². The molecule has 1 aliphatic rings. The topological polar surface area (TPSA) is 13.1 Å². The summed E-state index contributed by atoms with van der Waals surface area (Å²) in [7, 11) is 0. The minimum Gasteiger partial charge on any atom is -0.456 e. The summed E-state index contributed by atoms with van der Waals surface area (Å²) in [4.78, 5) is 2.65. The van der Waals surface area contributed by atoms with Crippen molar-refractivity contribution in [3.8, 4) is 33.4 Å². The van der Waals surface area contributed by atoms with Crippen molar-refractivity contribution in [1.29, 1.82) is 0 Å². The minimum absolute atomic E-state index is 0.925. The fourth-order valence-electron chi connectivity index (χ4n) is 6.43. The van der Waals surface area contributed by atoms with Crippen molar-refractivity contribution in [1.82, 2.24) is 0 Å². The van der Waals surface area contributed by atoms with Crippen molar-refractivity contribution in [2.24, 2.45) is 0 Å². The van der Waals surface area contributed by atoms with E-state index in [4.69, 9.17) is 4.42 Å². The van der Waals surface area contributed by atoms with Crippen LogP contribution in [0.25, 0.3) is 76.9 Å². The average molecular weight is 527 g/mol. The molecule has 0 unspecified atom stereocenters. The van der Waals surface area contributed by atoms with Gasteiger partial charge in [-0.2, -0.15) is 0 Å². The smallest absolute Gasteiger partial charge is 0.136 e. The molecule has 2 heteroatoms. The summed E-state index contributed by atoms with van der Waals surface area (Å²) in [6, 6.07) is 48.4. The van der Waals surface area contributed by atoms with Crippen LogP contribution in [0.2, 0.25) is 0 Å². The summed E-state index contributed by atoms with van der Waals surface area (Å²) in [5, 5.41) is 7.48. The van der Waals surface area contributed by atoms with Crippen LogP contribution >= 0.6 is 11.8 Å². The molecule has 1 nitrogen and oxygen atoms in total. The van der Waals surface area contributed by atoms with Crippen LogP contribution in [0.3, 0.4) is 0 Å². The predicted octanol–water partition coefficient (Wildman–Crippen LogP) is 11.4. The highest BCUT2D eigenvalue weighted by atomic mass is 32.2. The molecule has 0 radical (unpaired) electrons. The lowest BCUT2D eigenvalue weighted by molar-refractivity contribution is 0.669. The first-order chi connectivity index (χ1) is 19.8. The Kier molecular flexibility index (Phi) is 4.61. The molecule has 0 saturated carbocycles. The second-order valence-corrected chi connectivity index (χ2v) is 11.6. The van der Waals surface area contributed by atoms with Gasteiger partial charge in [-0.25, -0.2) is 0 Å². The number of benzene rings is 7. The number of rotatable bonds is 2. The van der Waals surface area contributed by atoms with Crippen molar-refractivity contribution in [2.45, 2.75) is 9.79 Å². The van der Waals surface area contributed by atoms with E-state index in [-0.39, 0.29) is 0 Å². The summed E-state index contributed by atoms with van der Waals surface area (Å²) in [6.45, 7) is 0. The zero-order chi connectivity index (χ0) is 26.2. The van der Waals surface area contributed by atoms with Crippen molar-refractivity contribution in [2.75, 3.05) is 0 Å². The Balaban J connectivity index is 1.22. The molecule has 0 atom stereocenters. The second-order valence-electron chi connectivity index (χ2n) is 10.5. The van der Waals surface area contributed by atoms with E-state index in [1.165, 1.54) is 64.7 Å². The van der Waals surface area contributed by atoms with Gasteiger partial charge in [0.2, 0.25) is 0 Å². The lowest BCUT2D eigenvalue weighted by atomic mass is 9.90. The Hall–Kier alpha value is -4.79. The molecule has 0 N–H and O–H groups in total. The van der Waals surface area contributed by atoms with Crippen LogP contribution in [0.4, 0.5) is 0 Å². The van der Waals surface area contributed by atoms with Crippen molar-refractivity contribution >= 4 is 55.2 Å². The predicted molar refractivity (Wildman–Crippen MR) is 169 cm³/mol. The van der Waals surface area contributed by atoms with E-state index >= 15 is 0 Å². The maximum Gasteiger partial charge on any atom is 0.136 e. The zero-order valence-electron chi connectivity index (χ0n) is 21.5. The van der Waals surface area contributed by atoms with Crippen LogP contribution in [-0.2, 0) is 0 Å². The van der Waals surface area contributed by atoms with E-state index in [1.807, 2.05) is 23.9 Å². The van der Waals surface area contributed by atoms with Crippen molar-refractivity contribution in [3.05, 3.63) is 133 Å². The number of fused-ring (bicyclic) bond motifs is 6. The molecule has 0 saturated heterocycles. The van der Waals surface area contributed by atoms with E-state index in [1.54, 1.807) is 0 Å². The van der Waals surface area contributed by atoms with Crippen LogP contribution in [0.15, 0.2) is 148 Å². The Bertz CT molecular complexity index is 2300. The molecule has 0 bridgehead atoms. The SMILES string of the molecule is c1cc2c3c(cccc3c1)-c1cc(-c3ccc(-c4ccc5c(c4)oc4ccccc45)c4ccccc34)ccc1S2. The third-order valence-electron chi connectivity index (χ3n) is 8.28. The van der Waals surface area contributed by atoms with E-state index < -0.39 is 0 Å². The Morgan fingerprint density at radius 1 is 0.400 bits per heavy atom. The molecular weight excluding hydrogens is 504 g/mol. The van der Waals surface area contributed by atoms with Crippen molar-refractivity contribution in [3.63, 3.8) is 0 Å². The molecular formula is C38H22OS. The van der Waals surface area contributed by atoms with E-state index in [0.717, 1.165) is 21.9 Å². The average Bonchev–Trinajstić information content (AvgIpc) is 3.39. The molecule has 0 amide bonds. The number of hydrogen-bond acceptors (Lipinski definition) is 2. The van der Waals surface area contributed by atoms with Gasteiger partial charge in [0.25, 0.3) is 0 Å². The van der Waals surface area contributed by atoms with Gasteiger partial charge < -0.3 is 4.42 Å². The van der Waals surface area contributed by atoms with Gasteiger partial charge in [0, 0.05) is 25.9 Å². The fraction of sp³-hybridized carbons (Fsp3) is 0. The Morgan fingerprint density at radius 2 is 1.07 bits per heavy atom. The van der Waals surface area contributed by atoms with Crippen LogP contribution in [-0.4, -0.2) is 0 Å². The quantitative estimate of drug-likeness (QED) is 0.222. The summed E-state index contributed by atoms with van der Waals surface area (Å²) < 4.78 is 6.22. The van der Waals surface area contributed by atoms with Gasteiger partial charge in [-0.1, -0.05) is 109 Å². The highest BCUT2D eigenvalue weighted by molar-refractivity contribution is 7.99. The van der Waals surface area contributed by atoms with Gasteiger partial charge >= 0.3 is 0 Å². The Morgan fingerprint density at radius 3 is 1.90 bits per heavy atom. The molecule has 0 spiro atoms. The first-order valence-corrected chi connectivity index (χ1v) is 14.4. The fourth-order valence-corrected chi connectivity index (χ4v) is 7.56. The third-order valence-corrected chi connectivity index (χ3v) is 9.42. The summed E-state index contributed by atoms with van der Waals surface area (Å²) in [5.41, 5.74) is 9.37. The molecule has 40 heavy (non-hydrogen) atoms. The van der Waals surface area contributed by atoms with Crippen LogP contribution < -0.4 is 0 Å². The van der Waals surface area contributed by atoms with Gasteiger partial charge in [-0.15, -0.1) is 0 Å². The first-order valence-electron chi connectivity index (χ1n) is 13.6. The van der Waals surface area contributed by atoms with Crippen LogP contribution in [0.5, 0.6) is 0 Å². The van der Waals surface area contributed by atoms with Gasteiger partial charge in [-0.05, 0) is 85.9 Å². The summed E-state index contributed by atoms with van der Waals surface area (Å²) in [6.07, 6.45) is 0. The molecule has 0 fully saturated rings. The highest BCUT2D eigenvalue weighted by Gasteiger charge is 2.20. The Labute approximate surface area is 235 Å². The number of hydrogen-bond donors (Lipinski definition) is 0. The number of para-hydroxylation sites is 1. The van der Waals surface area contributed by atoms with E-state index in [0.29, 0.717) is 0 Å². The lowest BCUT2D eigenvalue weighted by Gasteiger charge is -2.21. The van der Waals surface area contributed by atoms with Gasteiger partial charge in [0.15, 0.2) is 0 Å². The zero-order valence-corrected chi connectivity index (χ0v) is 22.3. The lowest BCUT2D eigenvalue weighted by Crippen LogP contribution is -1.94. The van der Waals surface area contributed by atoms with Gasteiger partial charge in [-0.3, -0.25) is 0 Å². The molecule has 9 rings (SSSR count). The molecule has 2 heterocycles. The maximum absolute atomic E-state index is 6.22. The largest absolute Gasteiger partial charge is 0.456 e. The second kappa shape index (κ2) is 8.35. The van der Waals surface area contributed by atoms with E-state index in [9.17, 15) is 0 Å². The maximum atomic E-state index is 6.22. The van der Waals surface area contributed by atoms with Crippen LogP contribution in [0, 0.1) is 0 Å². The molecule has 0 aliphatic carbocycles. The molecule has 1 aliphatic heterocycles. The van der Waals surface area contributed by atoms with E-state index in [2.05, 4.69) is 121 Å². The third kappa shape index (κ3) is 3.17. The molecule has 186 valence electrons.